The largest absolute Gasteiger partial charge is 0.324 e. The SMILES string of the molecule is Cc1nc2c(c(=O)n1CC(=O)Nc1ccccc1C(C)C)CCC2. The molecular weight excluding hydrogens is 302 g/mol. The maximum absolute atomic E-state index is 12.6. The maximum atomic E-state index is 12.6. The van der Waals surface area contributed by atoms with E-state index < -0.39 is 0 Å². The Morgan fingerprint density at radius 3 is 2.79 bits per heavy atom. The quantitative estimate of drug-likeness (QED) is 0.940. The van der Waals surface area contributed by atoms with Gasteiger partial charge in [-0.15, -0.1) is 0 Å². The minimum atomic E-state index is -0.201. The van der Waals surface area contributed by atoms with Gasteiger partial charge in [0.15, 0.2) is 0 Å². The van der Waals surface area contributed by atoms with E-state index in [1.54, 1.807) is 6.92 Å². The summed E-state index contributed by atoms with van der Waals surface area (Å²) >= 11 is 0. The second-order valence-electron chi connectivity index (χ2n) is 6.62. The predicted molar refractivity (Wildman–Crippen MR) is 94.4 cm³/mol. The van der Waals surface area contributed by atoms with Crippen LogP contribution in [0, 0.1) is 6.92 Å². The van der Waals surface area contributed by atoms with Crippen molar-refractivity contribution < 1.29 is 4.79 Å². The third-order valence-electron chi connectivity index (χ3n) is 4.54. The molecule has 1 N–H and O–H groups in total. The number of amides is 1. The number of hydrogen-bond donors (Lipinski definition) is 1. The first-order chi connectivity index (χ1) is 11.5. The van der Waals surface area contributed by atoms with Crippen molar-refractivity contribution in [2.24, 2.45) is 0 Å². The number of hydrogen-bond acceptors (Lipinski definition) is 3. The molecule has 0 atom stereocenters. The predicted octanol–water partition coefficient (Wildman–Crippen LogP) is 2.80. The summed E-state index contributed by atoms with van der Waals surface area (Å²) < 4.78 is 1.48. The number of nitrogens with zero attached hydrogens (tertiary/aromatic N) is 2. The van der Waals surface area contributed by atoms with Gasteiger partial charge in [0, 0.05) is 11.3 Å². The van der Waals surface area contributed by atoms with Crippen LogP contribution in [0.4, 0.5) is 5.69 Å². The van der Waals surface area contributed by atoms with Crippen LogP contribution >= 0.6 is 0 Å². The smallest absolute Gasteiger partial charge is 0.257 e. The van der Waals surface area contributed by atoms with Crippen LogP contribution in [0.15, 0.2) is 29.1 Å². The summed E-state index contributed by atoms with van der Waals surface area (Å²) in [4.78, 5) is 29.6. The van der Waals surface area contributed by atoms with Crippen molar-refractivity contribution in [1.29, 1.82) is 0 Å². The Hall–Kier alpha value is -2.43. The van der Waals surface area contributed by atoms with Crippen LogP contribution in [-0.2, 0) is 24.2 Å². The highest BCUT2D eigenvalue weighted by Gasteiger charge is 2.20. The number of aromatic nitrogens is 2. The number of carbonyl (C=O) groups is 1. The molecule has 1 aliphatic carbocycles. The highest BCUT2D eigenvalue weighted by molar-refractivity contribution is 5.91. The molecular formula is C19H23N3O2. The molecule has 1 aromatic heterocycles. The Kier molecular flexibility index (Phi) is 4.51. The van der Waals surface area contributed by atoms with Crippen LogP contribution in [0.3, 0.4) is 0 Å². The van der Waals surface area contributed by atoms with Gasteiger partial charge in [0.25, 0.3) is 5.56 Å². The Morgan fingerprint density at radius 2 is 2.04 bits per heavy atom. The number of anilines is 1. The number of carbonyl (C=O) groups excluding carboxylic acids is 1. The molecule has 5 nitrogen and oxygen atoms in total. The number of para-hydroxylation sites is 1. The van der Waals surface area contributed by atoms with E-state index in [1.807, 2.05) is 24.3 Å². The van der Waals surface area contributed by atoms with Crippen LogP contribution in [0.25, 0.3) is 0 Å². The van der Waals surface area contributed by atoms with Crippen LogP contribution in [0.1, 0.15) is 48.8 Å². The van der Waals surface area contributed by atoms with Gasteiger partial charge < -0.3 is 5.32 Å². The fraction of sp³-hybridized carbons (Fsp3) is 0.421. The first-order valence-electron chi connectivity index (χ1n) is 8.45. The first kappa shape index (κ1) is 16.4. The molecule has 0 saturated heterocycles. The minimum Gasteiger partial charge on any atom is -0.324 e. The summed E-state index contributed by atoms with van der Waals surface area (Å²) in [7, 11) is 0. The molecule has 1 amide bonds. The number of benzene rings is 1. The summed E-state index contributed by atoms with van der Waals surface area (Å²) in [6.45, 7) is 5.96. The Morgan fingerprint density at radius 1 is 1.29 bits per heavy atom. The Balaban J connectivity index is 1.83. The standard InChI is InChI=1S/C19H23N3O2/c1-12(2)14-7-4-5-9-16(14)21-18(23)11-22-13(3)20-17-10-6-8-15(17)19(22)24/h4-5,7,9,12H,6,8,10-11H2,1-3H3,(H,21,23). The summed E-state index contributed by atoms with van der Waals surface area (Å²) in [6, 6.07) is 7.76. The summed E-state index contributed by atoms with van der Waals surface area (Å²) in [5.41, 5.74) is 3.50. The van der Waals surface area contributed by atoms with Crippen molar-refractivity contribution in [3.05, 3.63) is 57.3 Å². The molecule has 0 radical (unpaired) electrons. The van der Waals surface area contributed by atoms with E-state index in [4.69, 9.17) is 0 Å². The molecule has 0 aliphatic heterocycles. The van der Waals surface area contributed by atoms with E-state index in [9.17, 15) is 9.59 Å². The highest BCUT2D eigenvalue weighted by Crippen LogP contribution is 2.23. The van der Waals surface area contributed by atoms with Crippen LogP contribution in [0.5, 0.6) is 0 Å². The second kappa shape index (κ2) is 6.59. The summed E-state index contributed by atoms with van der Waals surface area (Å²) in [5, 5.41) is 2.94. The van der Waals surface area contributed by atoms with Crippen molar-refractivity contribution in [2.45, 2.75) is 52.5 Å². The van der Waals surface area contributed by atoms with Crippen molar-refractivity contribution in [2.75, 3.05) is 5.32 Å². The lowest BCUT2D eigenvalue weighted by Crippen LogP contribution is -2.32. The Labute approximate surface area is 141 Å². The van der Waals surface area contributed by atoms with E-state index >= 15 is 0 Å². The van der Waals surface area contributed by atoms with Gasteiger partial charge in [-0.25, -0.2) is 4.98 Å². The van der Waals surface area contributed by atoms with Gasteiger partial charge in [-0.1, -0.05) is 32.0 Å². The second-order valence-corrected chi connectivity index (χ2v) is 6.62. The summed E-state index contributed by atoms with van der Waals surface area (Å²) in [6.07, 6.45) is 2.59. The average molecular weight is 325 g/mol. The molecule has 0 bridgehead atoms. The van der Waals surface area contributed by atoms with Crippen molar-refractivity contribution >= 4 is 11.6 Å². The van der Waals surface area contributed by atoms with E-state index in [0.717, 1.165) is 41.8 Å². The van der Waals surface area contributed by atoms with Crippen molar-refractivity contribution in [3.63, 3.8) is 0 Å². The van der Waals surface area contributed by atoms with Crippen molar-refractivity contribution in [3.8, 4) is 0 Å². The third kappa shape index (κ3) is 3.11. The van der Waals surface area contributed by atoms with E-state index in [1.165, 1.54) is 4.57 Å². The molecule has 0 unspecified atom stereocenters. The minimum absolute atomic E-state index is 0.00260. The van der Waals surface area contributed by atoms with Crippen LogP contribution in [-0.4, -0.2) is 15.5 Å². The van der Waals surface area contributed by atoms with Crippen LogP contribution in [0.2, 0.25) is 0 Å². The molecule has 0 fully saturated rings. The normalized spacial score (nSPS) is 13.2. The molecule has 1 aromatic carbocycles. The maximum Gasteiger partial charge on any atom is 0.257 e. The van der Waals surface area contributed by atoms with Crippen molar-refractivity contribution in [1.82, 2.24) is 9.55 Å². The zero-order chi connectivity index (χ0) is 17.3. The molecule has 24 heavy (non-hydrogen) atoms. The van der Waals surface area contributed by atoms with Gasteiger partial charge in [-0.2, -0.15) is 0 Å². The van der Waals surface area contributed by atoms with Gasteiger partial charge in [-0.05, 0) is 43.7 Å². The molecule has 1 aliphatic rings. The zero-order valence-corrected chi connectivity index (χ0v) is 14.4. The lowest BCUT2D eigenvalue weighted by Gasteiger charge is -2.15. The first-order valence-corrected chi connectivity index (χ1v) is 8.45. The number of nitrogens with one attached hydrogen (secondary N) is 1. The lowest BCUT2D eigenvalue weighted by molar-refractivity contribution is -0.116. The average Bonchev–Trinajstić information content (AvgIpc) is 3.00. The summed E-state index contributed by atoms with van der Waals surface area (Å²) in [5.74, 6) is 0.716. The number of aryl methyl sites for hydroxylation is 2. The van der Waals surface area contributed by atoms with E-state index in [-0.39, 0.29) is 18.0 Å². The number of rotatable bonds is 4. The van der Waals surface area contributed by atoms with Gasteiger partial charge in [0.05, 0.1) is 5.69 Å². The molecule has 0 saturated carbocycles. The number of fused-ring (bicyclic) bond motifs is 1. The van der Waals surface area contributed by atoms with Gasteiger partial charge in [0.1, 0.15) is 12.4 Å². The Bertz CT molecular complexity index is 837. The van der Waals surface area contributed by atoms with Gasteiger partial charge >= 0.3 is 0 Å². The monoisotopic (exact) mass is 325 g/mol. The molecule has 2 aromatic rings. The fourth-order valence-electron chi connectivity index (χ4n) is 3.28. The van der Waals surface area contributed by atoms with Gasteiger partial charge in [-0.3, -0.25) is 14.2 Å². The molecule has 0 spiro atoms. The fourth-order valence-corrected chi connectivity index (χ4v) is 3.28. The van der Waals surface area contributed by atoms with E-state index in [2.05, 4.69) is 24.1 Å². The molecule has 126 valence electrons. The molecule has 3 rings (SSSR count). The molecule has 5 heteroatoms. The molecule has 1 heterocycles. The third-order valence-corrected chi connectivity index (χ3v) is 4.54. The highest BCUT2D eigenvalue weighted by atomic mass is 16.2. The van der Waals surface area contributed by atoms with Gasteiger partial charge in [0.2, 0.25) is 5.91 Å². The topological polar surface area (TPSA) is 64.0 Å². The lowest BCUT2D eigenvalue weighted by atomic mass is 10.0. The van der Waals surface area contributed by atoms with E-state index in [0.29, 0.717) is 11.7 Å². The zero-order valence-electron chi connectivity index (χ0n) is 14.4. The van der Waals surface area contributed by atoms with Crippen LogP contribution < -0.4 is 10.9 Å².